The Kier molecular flexibility index (Phi) is 5.15. The number of anilines is 1. The Morgan fingerprint density at radius 3 is 2.62 bits per heavy atom. The number of hydrogen-bond acceptors (Lipinski definition) is 5. The van der Waals surface area contributed by atoms with Gasteiger partial charge in [0.05, 0.1) is 17.0 Å². The van der Waals surface area contributed by atoms with Gasteiger partial charge in [-0.1, -0.05) is 22.9 Å². The summed E-state index contributed by atoms with van der Waals surface area (Å²) in [6.45, 7) is 4.89. The first-order chi connectivity index (χ1) is 10.1. The monoisotopic (exact) mass is 352 g/mol. The minimum atomic E-state index is -0.351. The maximum absolute atomic E-state index is 11.2. The third-order valence-corrected chi connectivity index (χ3v) is 4.26. The minimum absolute atomic E-state index is 0.0629. The zero-order valence-electron chi connectivity index (χ0n) is 11.8. The van der Waals surface area contributed by atoms with Crippen molar-refractivity contribution in [2.45, 2.75) is 19.4 Å². The molecule has 0 saturated carbocycles. The van der Waals surface area contributed by atoms with Crippen molar-refractivity contribution >= 4 is 27.3 Å². The topological polar surface area (TPSA) is 73.4 Å². The van der Waals surface area contributed by atoms with Gasteiger partial charge in [-0.2, -0.15) is 5.26 Å². The maximum Gasteiger partial charge on any atom is 0.293 e. The van der Waals surface area contributed by atoms with E-state index in [-0.39, 0.29) is 16.7 Å². The average molecular weight is 353 g/mol. The van der Waals surface area contributed by atoms with Crippen LogP contribution in [0.2, 0.25) is 0 Å². The van der Waals surface area contributed by atoms with Gasteiger partial charge in [-0.05, 0) is 18.6 Å². The zero-order chi connectivity index (χ0) is 15.4. The number of piperazine rings is 1. The molecule has 1 heterocycles. The molecule has 7 heteroatoms. The quantitative estimate of drug-likeness (QED) is 0.615. The van der Waals surface area contributed by atoms with E-state index in [4.69, 9.17) is 5.26 Å². The van der Waals surface area contributed by atoms with Crippen LogP contribution in [0.25, 0.3) is 0 Å². The van der Waals surface area contributed by atoms with Gasteiger partial charge in [-0.3, -0.25) is 15.0 Å². The highest BCUT2D eigenvalue weighted by Gasteiger charge is 2.26. The Balaban J connectivity index is 2.13. The first kappa shape index (κ1) is 15.7. The molecule has 1 fully saturated rings. The van der Waals surface area contributed by atoms with Gasteiger partial charge in [0.25, 0.3) is 5.69 Å². The van der Waals surface area contributed by atoms with E-state index in [9.17, 15) is 10.1 Å². The van der Waals surface area contributed by atoms with Crippen LogP contribution in [0.15, 0.2) is 22.7 Å². The zero-order valence-corrected chi connectivity index (χ0v) is 13.4. The minimum Gasteiger partial charge on any atom is -0.363 e. The van der Waals surface area contributed by atoms with E-state index >= 15 is 0 Å². The second-order valence-electron chi connectivity index (χ2n) is 4.97. The van der Waals surface area contributed by atoms with Crippen LogP contribution in [-0.2, 0) is 0 Å². The van der Waals surface area contributed by atoms with Crippen LogP contribution in [-0.4, -0.2) is 42.0 Å². The molecule has 0 aliphatic carbocycles. The highest BCUT2D eigenvalue weighted by molar-refractivity contribution is 9.10. The lowest BCUT2D eigenvalue weighted by atomic mass is 10.1. The summed E-state index contributed by atoms with van der Waals surface area (Å²) in [4.78, 5) is 15.0. The molecule has 1 aliphatic rings. The van der Waals surface area contributed by atoms with Gasteiger partial charge in [0.2, 0.25) is 0 Å². The van der Waals surface area contributed by atoms with Crippen LogP contribution in [0.5, 0.6) is 0 Å². The summed E-state index contributed by atoms with van der Waals surface area (Å²) in [6, 6.07) is 7.37. The van der Waals surface area contributed by atoms with Crippen LogP contribution >= 0.6 is 15.9 Å². The predicted molar refractivity (Wildman–Crippen MR) is 84.3 cm³/mol. The van der Waals surface area contributed by atoms with E-state index in [0.717, 1.165) is 19.5 Å². The smallest absolute Gasteiger partial charge is 0.293 e. The van der Waals surface area contributed by atoms with Crippen molar-refractivity contribution in [2.75, 3.05) is 31.1 Å². The molecule has 1 aliphatic heterocycles. The van der Waals surface area contributed by atoms with Crippen LogP contribution in [0.1, 0.15) is 13.3 Å². The average Bonchev–Trinajstić information content (AvgIpc) is 2.49. The molecule has 21 heavy (non-hydrogen) atoms. The second-order valence-corrected chi connectivity index (χ2v) is 5.88. The number of benzene rings is 1. The SMILES string of the molecule is CCC(C#N)N1CCN(c2ccc(Br)cc2[N+](=O)[O-])CC1. The van der Waals surface area contributed by atoms with Crippen molar-refractivity contribution in [1.82, 2.24) is 4.90 Å². The Morgan fingerprint density at radius 2 is 2.10 bits per heavy atom. The summed E-state index contributed by atoms with van der Waals surface area (Å²) in [5.41, 5.74) is 0.762. The number of halogens is 1. The predicted octanol–water partition coefficient (Wildman–Crippen LogP) is 2.78. The number of hydrogen-bond donors (Lipinski definition) is 0. The highest BCUT2D eigenvalue weighted by Crippen LogP contribution is 2.31. The molecule has 0 N–H and O–H groups in total. The number of nitrogens with zero attached hydrogens (tertiary/aromatic N) is 4. The van der Waals surface area contributed by atoms with E-state index in [1.807, 2.05) is 17.9 Å². The van der Waals surface area contributed by atoms with Crippen molar-refractivity contribution in [3.05, 3.63) is 32.8 Å². The van der Waals surface area contributed by atoms with Crippen molar-refractivity contribution in [3.8, 4) is 6.07 Å². The number of nitro benzene ring substituents is 1. The molecule has 2 rings (SSSR count). The van der Waals surface area contributed by atoms with Crippen LogP contribution in [0, 0.1) is 21.4 Å². The van der Waals surface area contributed by atoms with Crippen molar-refractivity contribution in [1.29, 1.82) is 5.26 Å². The van der Waals surface area contributed by atoms with Crippen LogP contribution < -0.4 is 4.90 Å². The lowest BCUT2D eigenvalue weighted by Crippen LogP contribution is -2.50. The lowest BCUT2D eigenvalue weighted by Gasteiger charge is -2.37. The molecule has 0 radical (unpaired) electrons. The Labute approximate surface area is 132 Å². The molecule has 1 aromatic carbocycles. The molecule has 0 aromatic heterocycles. The van der Waals surface area contributed by atoms with Crippen molar-refractivity contribution in [2.24, 2.45) is 0 Å². The fourth-order valence-electron chi connectivity index (χ4n) is 2.62. The van der Waals surface area contributed by atoms with Gasteiger partial charge in [0.1, 0.15) is 5.69 Å². The number of rotatable bonds is 4. The van der Waals surface area contributed by atoms with E-state index in [1.54, 1.807) is 6.07 Å². The summed E-state index contributed by atoms with van der Waals surface area (Å²) in [5.74, 6) is 0. The third-order valence-electron chi connectivity index (χ3n) is 3.77. The van der Waals surface area contributed by atoms with Crippen LogP contribution in [0.4, 0.5) is 11.4 Å². The number of nitriles is 1. The molecule has 0 amide bonds. The van der Waals surface area contributed by atoms with Crippen molar-refractivity contribution < 1.29 is 4.92 Å². The van der Waals surface area contributed by atoms with E-state index < -0.39 is 0 Å². The molecular weight excluding hydrogens is 336 g/mol. The van der Waals surface area contributed by atoms with Gasteiger partial charge >= 0.3 is 0 Å². The largest absolute Gasteiger partial charge is 0.363 e. The first-order valence-corrected chi connectivity index (χ1v) is 7.68. The molecule has 0 bridgehead atoms. The Morgan fingerprint density at radius 1 is 1.43 bits per heavy atom. The maximum atomic E-state index is 11.2. The molecule has 6 nitrogen and oxygen atoms in total. The molecule has 112 valence electrons. The van der Waals surface area contributed by atoms with Crippen molar-refractivity contribution in [3.63, 3.8) is 0 Å². The highest BCUT2D eigenvalue weighted by atomic mass is 79.9. The summed E-state index contributed by atoms with van der Waals surface area (Å²) < 4.78 is 0.701. The lowest BCUT2D eigenvalue weighted by molar-refractivity contribution is -0.384. The van der Waals surface area contributed by atoms with E-state index in [1.165, 1.54) is 6.07 Å². The standard InChI is InChI=1S/C14H17BrN4O2/c1-2-12(10-16)17-5-7-18(8-6-17)13-4-3-11(15)9-14(13)19(20)21/h3-4,9,12H,2,5-8H2,1H3. The summed E-state index contributed by atoms with van der Waals surface area (Å²) in [6.07, 6.45) is 0.801. The third kappa shape index (κ3) is 3.52. The van der Waals surface area contributed by atoms with E-state index in [2.05, 4.69) is 26.9 Å². The van der Waals surface area contributed by atoms with Gasteiger partial charge in [0.15, 0.2) is 0 Å². The van der Waals surface area contributed by atoms with Gasteiger partial charge in [0, 0.05) is 36.7 Å². The molecular formula is C14H17BrN4O2. The normalized spacial score (nSPS) is 17.3. The Hall–Kier alpha value is -1.65. The molecule has 1 aromatic rings. The van der Waals surface area contributed by atoms with E-state index in [0.29, 0.717) is 23.2 Å². The molecule has 1 saturated heterocycles. The summed E-state index contributed by atoms with van der Waals surface area (Å²) >= 11 is 3.27. The van der Waals surface area contributed by atoms with Gasteiger partial charge in [-0.25, -0.2) is 0 Å². The fourth-order valence-corrected chi connectivity index (χ4v) is 2.96. The second kappa shape index (κ2) is 6.87. The fraction of sp³-hybridized carbons (Fsp3) is 0.500. The first-order valence-electron chi connectivity index (χ1n) is 6.89. The van der Waals surface area contributed by atoms with Crippen LogP contribution in [0.3, 0.4) is 0 Å². The molecule has 1 unspecified atom stereocenters. The summed E-state index contributed by atoms with van der Waals surface area (Å²) in [5, 5.41) is 20.3. The molecule has 0 spiro atoms. The summed E-state index contributed by atoms with van der Waals surface area (Å²) in [7, 11) is 0. The Bertz CT molecular complexity index is 565. The van der Waals surface area contributed by atoms with Gasteiger partial charge < -0.3 is 4.90 Å². The number of nitro groups is 1. The molecule has 1 atom stereocenters. The van der Waals surface area contributed by atoms with Gasteiger partial charge in [-0.15, -0.1) is 0 Å².